The number of rotatable bonds is 4. The van der Waals surface area contributed by atoms with Crippen molar-refractivity contribution >= 4 is 46.0 Å². The fourth-order valence-electron chi connectivity index (χ4n) is 4.09. The number of carbonyl (C=O) groups is 2. The molecule has 1 aliphatic rings. The van der Waals surface area contributed by atoms with Crippen molar-refractivity contribution in [2.45, 2.75) is 6.04 Å². The van der Waals surface area contributed by atoms with Gasteiger partial charge >= 0.3 is 5.91 Å². The average molecular weight is 476 g/mol. The molecule has 0 saturated carbocycles. The smallest absolute Gasteiger partial charge is 0.302 e. The molecule has 1 saturated heterocycles. The molecule has 2 heterocycles. The number of aromatic hydroxyl groups is 1. The van der Waals surface area contributed by atoms with E-state index in [0.29, 0.717) is 21.6 Å². The second kappa shape index (κ2) is 8.24. The van der Waals surface area contributed by atoms with E-state index >= 15 is 0 Å². The summed E-state index contributed by atoms with van der Waals surface area (Å²) < 4.78 is 5.34. The minimum Gasteiger partial charge on any atom is -0.508 e. The zero-order valence-corrected chi connectivity index (χ0v) is 18.6. The number of Topliss-reactive ketones (excluding diaryl/α,β-unsaturated/α-hetero) is 1. The van der Waals surface area contributed by atoms with Gasteiger partial charge in [0, 0.05) is 5.02 Å². The van der Waals surface area contributed by atoms with Gasteiger partial charge in [0.2, 0.25) is 5.95 Å². The average Bonchev–Trinajstić information content (AvgIpc) is 3.37. The molecule has 1 aromatic heterocycles. The van der Waals surface area contributed by atoms with Crippen molar-refractivity contribution in [2.75, 3.05) is 12.0 Å². The van der Waals surface area contributed by atoms with Crippen LogP contribution >= 0.6 is 11.6 Å². The molecule has 3 aromatic carbocycles. The van der Waals surface area contributed by atoms with Gasteiger partial charge in [0.1, 0.15) is 17.3 Å². The Bertz CT molecular complexity index is 1440. The van der Waals surface area contributed by atoms with E-state index in [1.807, 2.05) is 12.1 Å². The van der Waals surface area contributed by atoms with Crippen molar-refractivity contribution in [1.82, 2.24) is 9.97 Å². The number of benzene rings is 3. The summed E-state index contributed by atoms with van der Waals surface area (Å²) in [6, 6.07) is 16.8. The van der Waals surface area contributed by atoms with Gasteiger partial charge in [-0.05, 0) is 48.0 Å². The highest BCUT2D eigenvalue weighted by atomic mass is 35.5. The van der Waals surface area contributed by atoms with Gasteiger partial charge in [0.05, 0.1) is 35.3 Å². The van der Waals surface area contributed by atoms with E-state index in [0.717, 1.165) is 0 Å². The highest BCUT2D eigenvalue weighted by Gasteiger charge is 2.48. The predicted molar refractivity (Wildman–Crippen MR) is 127 cm³/mol. The molecule has 3 N–H and O–H groups in total. The standard InChI is InChI=1S/C25H18ClN3O5/c1-34-19-11-8-14(26)12-16(19)22(31)20-21(13-6-9-15(30)10-7-13)29(24(33)23(20)32)25-27-17-4-2-3-5-18(17)28-25/h2-12,21,30-31H,1H3,(H,27,28)/b22-20+. The largest absolute Gasteiger partial charge is 0.508 e. The van der Waals surface area contributed by atoms with Crippen LogP contribution in [0.1, 0.15) is 17.2 Å². The topological polar surface area (TPSA) is 116 Å². The number of halogens is 1. The molecule has 1 aliphatic heterocycles. The lowest BCUT2D eigenvalue weighted by molar-refractivity contribution is -0.132. The van der Waals surface area contributed by atoms with Crippen LogP contribution in [0, 0.1) is 0 Å². The minimum absolute atomic E-state index is 0.0148. The van der Waals surface area contributed by atoms with E-state index in [-0.39, 0.29) is 28.6 Å². The number of H-pyrrole nitrogens is 1. The van der Waals surface area contributed by atoms with Gasteiger partial charge in [0.25, 0.3) is 5.78 Å². The SMILES string of the molecule is COc1ccc(Cl)cc1/C(O)=C1\C(=O)C(=O)N(c2nc3ccccc3[nH]2)C1c1ccc(O)cc1. The van der Waals surface area contributed by atoms with Crippen LogP contribution in [-0.2, 0) is 9.59 Å². The number of aromatic amines is 1. The number of para-hydroxylation sites is 2. The second-order valence-electron chi connectivity index (χ2n) is 7.68. The fourth-order valence-corrected chi connectivity index (χ4v) is 4.26. The molecule has 0 spiro atoms. The van der Waals surface area contributed by atoms with Gasteiger partial charge in [-0.2, -0.15) is 0 Å². The lowest BCUT2D eigenvalue weighted by atomic mass is 9.95. The number of aliphatic hydroxyl groups excluding tert-OH is 1. The monoisotopic (exact) mass is 475 g/mol. The molecule has 34 heavy (non-hydrogen) atoms. The van der Waals surface area contributed by atoms with E-state index in [1.165, 1.54) is 30.2 Å². The van der Waals surface area contributed by atoms with Crippen LogP contribution in [0.5, 0.6) is 11.5 Å². The molecule has 1 unspecified atom stereocenters. The number of methoxy groups -OCH3 is 1. The number of carbonyl (C=O) groups excluding carboxylic acids is 2. The summed E-state index contributed by atoms with van der Waals surface area (Å²) in [7, 11) is 1.42. The third-order valence-corrected chi connectivity index (χ3v) is 5.91. The lowest BCUT2D eigenvalue weighted by Crippen LogP contribution is -2.30. The molecule has 9 heteroatoms. The number of ether oxygens (including phenoxy) is 1. The second-order valence-corrected chi connectivity index (χ2v) is 8.12. The molecule has 0 aliphatic carbocycles. The number of phenols is 1. The summed E-state index contributed by atoms with van der Waals surface area (Å²) in [6.45, 7) is 0. The highest BCUT2D eigenvalue weighted by molar-refractivity contribution is 6.51. The number of anilines is 1. The van der Waals surface area contributed by atoms with Gasteiger partial charge in [0.15, 0.2) is 0 Å². The van der Waals surface area contributed by atoms with Crippen molar-refractivity contribution in [3.63, 3.8) is 0 Å². The predicted octanol–water partition coefficient (Wildman–Crippen LogP) is 4.56. The van der Waals surface area contributed by atoms with Crippen LogP contribution in [0.4, 0.5) is 5.95 Å². The molecule has 1 atom stereocenters. The molecule has 0 radical (unpaired) electrons. The number of nitrogens with one attached hydrogen (secondary N) is 1. The van der Waals surface area contributed by atoms with Crippen molar-refractivity contribution in [1.29, 1.82) is 0 Å². The number of hydrogen-bond acceptors (Lipinski definition) is 6. The number of hydrogen-bond donors (Lipinski definition) is 3. The van der Waals surface area contributed by atoms with Crippen LogP contribution in [0.15, 0.2) is 72.3 Å². The lowest BCUT2D eigenvalue weighted by Gasteiger charge is -2.23. The molecule has 5 rings (SSSR count). The van der Waals surface area contributed by atoms with E-state index in [4.69, 9.17) is 16.3 Å². The Kier molecular flexibility index (Phi) is 5.22. The first-order valence-corrected chi connectivity index (χ1v) is 10.7. The molecule has 4 aromatic rings. The molecular formula is C25H18ClN3O5. The van der Waals surface area contributed by atoms with Gasteiger partial charge in [-0.25, -0.2) is 4.98 Å². The third kappa shape index (κ3) is 3.45. The quantitative estimate of drug-likeness (QED) is 0.226. The van der Waals surface area contributed by atoms with E-state index < -0.39 is 23.5 Å². The Hall–Kier alpha value is -4.30. The molecule has 1 fully saturated rings. The number of fused-ring (bicyclic) bond motifs is 1. The number of ketones is 1. The zero-order valence-electron chi connectivity index (χ0n) is 17.8. The Labute approximate surface area is 198 Å². The van der Waals surface area contributed by atoms with Crippen LogP contribution < -0.4 is 9.64 Å². The van der Waals surface area contributed by atoms with Crippen LogP contribution in [0.3, 0.4) is 0 Å². The van der Waals surface area contributed by atoms with Crippen molar-refractivity contribution in [3.8, 4) is 11.5 Å². The number of aromatic nitrogens is 2. The van der Waals surface area contributed by atoms with Gasteiger partial charge in [-0.1, -0.05) is 35.9 Å². The first-order chi connectivity index (χ1) is 16.4. The molecule has 170 valence electrons. The Morgan fingerprint density at radius 1 is 1.09 bits per heavy atom. The summed E-state index contributed by atoms with van der Waals surface area (Å²) in [6.07, 6.45) is 0. The number of aliphatic hydroxyl groups is 1. The minimum atomic E-state index is -1.02. The van der Waals surface area contributed by atoms with Crippen molar-refractivity contribution < 1.29 is 24.5 Å². The van der Waals surface area contributed by atoms with Crippen LogP contribution in [0.2, 0.25) is 5.02 Å². The molecule has 0 bridgehead atoms. The Balaban J connectivity index is 1.76. The summed E-state index contributed by atoms with van der Waals surface area (Å²) in [5, 5.41) is 21.4. The van der Waals surface area contributed by atoms with Gasteiger partial charge in [-0.15, -0.1) is 0 Å². The third-order valence-electron chi connectivity index (χ3n) is 5.67. The molecule has 8 nitrogen and oxygen atoms in total. The number of amides is 1. The maximum Gasteiger partial charge on any atom is 0.302 e. The van der Waals surface area contributed by atoms with E-state index in [1.54, 1.807) is 36.4 Å². The maximum atomic E-state index is 13.3. The Morgan fingerprint density at radius 2 is 1.82 bits per heavy atom. The first kappa shape index (κ1) is 21.5. The summed E-state index contributed by atoms with van der Waals surface area (Å²) in [4.78, 5) is 35.3. The van der Waals surface area contributed by atoms with Crippen LogP contribution in [0.25, 0.3) is 16.8 Å². The molecule has 1 amide bonds. The van der Waals surface area contributed by atoms with Crippen molar-refractivity contribution in [3.05, 3.63) is 88.5 Å². The van der Waals surface area contributed by atoms with E-state index in [2.05, 4.69) is 9.97 Å². The van der Waals surface area contributed by atoms with Gasteiger partial charge < -0.3 is 19.9 Å². The maximum absolute atomic E-state index is 13.3. The normalized spacial score (nSPS) is 17.5. The Morgan fingerprint density at radius 3 is 2.53 bits per heavy atom. The molecular weight excluding hydrogens is 458 g/mol. The van der Waals surface area contributed by atoms with Crippen LogP contribution in [-0.4, -0.2) is 39.0 Å². The van der Waals surface area contributed by atoms with Gasteiger partial charge in [-0.3, -0.25) is 14.5 Å². The summed E-state index contributed by atoms with van der Waals surface area (Å²) in [5.74, 6) is -1.74. The summed E-state index contributed by atoms with van der Waals surface area (Å²) >= 11 is 6.14. The fraction of sp³-hybridized carbons (Fsp3) is 0.0800. The number of imidazole rings is 1. The number of phenolic OH excluding ortho intramolecular Hbond substituents is 1. The zero-order chi connectivity index (χ0) is 24.0. The first-order valence-electron chi connectivity index (χ1n) is 10.3. The van der Waals surface area contributed by atoms with E-state index in [9.17, 15) is 19.8 Å². The van der Waals surface area contributed by atoms with Crippen molar-refractivity contribution in [2.24, 2.45) is 0 Å². The summed E-state index contributed by atoms with van der Waals surface area (Å²) in [5.41, 5.74) is 1.79. The highest BCUT2D eigenvalue weighted by Crippen LogP contribution is 2.43. The number of nitrogens with zero attached hydrogens (tertiary/aromatic N) is 2.